The number of halogens is 1. The number of hydrogen-bond acceptors (Lipinski definition) is 3. The van der Waals surface area contributed by atoms with E-state index in [1.807, 2.05) is 6.20 Å². The van der Waals surface area contributed by atoms with Gasteiger partial charge in [0.05, 0.1) is 18.5 Å². The largest absolute Gasteiger partial charge is 0.491 e. The van der Waals surface area contributed by atoms with Crippen LogP contribution in [0.25, 0.3) is 0 Å². The first-order valence-corrected chi connectivity index (χ1v) is 8.68. The van der Waals surface area contributed by atoms with Crippen molar-refractivity contribution in [2.75, 3.05) is 11.9 Å². The first kappa shape index (κ1) is 15.9. The molecule has 2 aliphatic rings. The maximum absolute atomic E-state index is 13.5. The molecular formula is C18H21FN4O2. The van der Waals surface area contributed by atoms with Crippen LogP contribution in [0.5, 0.6) is 5.75 Å². The van der Waals surface area contributed by atoms with E-state index in [9.17, 15) is 9.18 Å². The van der Waals surface area contributed by atoms with Crippen molar-refractivity contribution >= 4 is 11.7 Å². The summed E-state index contributed by atoms with van der Waals surface area (Å²) in [5.41, 5.74) is 2.78. The van der Waals surface area contributed by atoms with Gasteiger partial charge < -0.3 is 15.4 Å². The lowest BCUT2D eigenvalue weighted by Gasteiger charge is -2.23. The number of urea groups is 1. The van der Waals surface area contributed by atoms with Gasteiger partial charge in [0.2, 0.25) is 0 Å². The number of nitrogens with one attached hydrogen (secondary N) is 3. The number of aromatic nitrogens is 2. The highest BCUT2D eigenvalue weighted by molar-refractivity contribution is 5.91. The highest BCUT2D eigenvalue weighted by atomic mass is 19.1. The maximum atomic E-state index is 13.5. The van der Waals surface area contributed by atoms with Crippen LogP contribution in [0.15, 0.2) is 24.4 Å². The second-order valence-corrected chi connectivity index (χ2v) is 6.81. The Hall–Kier alpha value is -2.57. The van der Waals surface area contributed by atoms with E-state index in [4.69, 9.17) is 4.74 Å². The predicted molar refractivity (Wildman–Crippen MR) is 91.2 cm³/mol. The standard InChI is InChI=1S/C18H21FN4O2/c19-13-3-5-16(17(8-13)25-10-11-1-2-11)22-18(24)21-14-4-6-15-12(7-14)9-20-23-15/h3,5,8-9,11,14H,1-2,4,6-7,10H2,(H,20,23)(H2,21,22,24)/t14-/m0/s1. The molecule has 0 saturated heterocycles. The number of rotatable bonds is 5. The summed E-state index contributed by atoms with van der Waals surface area (Å²) >= 11 is 0. The van der Waals surface area contributed by atoms with Gasteiger partial charge in [-0.15, -0.1) is 0 Å². The average molecular weight is 344 g/mol. The fraction of sp³-hybridized carbons (Fsp3) is 0.444. The van der Waals surface area contributed by atoms with Crippen molar-refractivity contribution in [3.63, 3.8) is 0 Å². The zero-order valence-corrected chi connectivity index (χ0v) is 13.8. The Kier molecular flexibility index (Phi) is 4.29. The summed E-state index contributed by atoms with van der Waals surface area (Å²) in [5, 5.41) is 12.8. The third-order valence-electron chi connectivity index (χ3n) is 4.72. The van der Waals surface area contributed by atoms with Crippen molar-refractivity contribution in [1.82, 2.24) is 15.5 Å². The van der Waals surface area contributed by atoms with Crippen LogP contribution in [-0.4, -0.2) is 28.9 Å². The number of ether oxygens (including phenoxy) is 1. The van der Waals surface area contributed by atoms with E-state index < -0.39 is 0 Å². The Labute approximate surface area is 145 Å². The van der Waals surface area contributed by atoms with Gasteiger partial charge in [0, 0.05) is 17.8 Å². The van der Waals surface area contributed by atoms with Crippen LogP contribution in [-0.2, 0) is 12.8 Å². The highest BCUT2D eigenvalue weighted by Crippen LogP contribution is 2.32. The van der Waals surface area contributed by atoms with Crippen LogP contribution in [0.2, 0.25) is 0 Å². The van der Waals surface area contributed by atoms with E-state index in [-0.39, 0.29) is 17.9 Å². The van der Waals surface area contributed by atoms with Crippen LogP contribution in [0.4, 0.5) is 14.9 Å². The molecule has 1 saturated carbocycles. The molecule has 2 amide bonds. The van der Waals surface area contributed by atoms with Crippen molar-refractivity contribution in [2.24, 2.45) is 5.92 Å². The zero-order valence-electron chi connectivity index (χ0n) is 13.8. The molecule has 0 aliphatic heterocycles. The molecule has 4 rings (SSSR count). The summed E-state index contributed by atoms with van der Waals surface area (Å²) in [4.78, 5) is 12.3. The minimum absolute atomic E-state index is 0.0568. The Morgan fingerprint density at radius 3 is 3.08 bits per heavy atom. The zero-order chi connectivity index (χ0) is 17.2. The minimum Gasteiger partial charge on any atom is -0.491 e. The van der Waals surface area contributed by atoms with Gasteiger partial charge in [-0.25, -0.2) is 9.18 Å². The molecule has 0 bridgehead atoms. The van der Waals surface area contributed by atoms with E-state index in [0.717, 1.165) is 43.4 Å². The molecule has 2 aromatic rings. The number of aromatic amines is 1. The van der Waals surface area contributed by atoms with E-state index in [0.29, 0.717) is 24.0 Å². The lowest BCUT2D eigenvalue weighted by atomic mass is 9.94. The lowest BCUT2D eigenvalue weighted by Crippen LogP contribution is -2.41. The molecule has 0 radical (unpaired) electrons. The molecule has 7 heteroatoms. The Morgan fingerprint density at radius 2 is 2.24 bits per heavy atom. The Balaban J connectivity index is 1.37. The minimum atomic E-state index is -0.378. The van der Waals surface area contributed by atoms with Crippen molar-refractivity contribution in [3.8, 4) is 5.75 Å². The molecule has 0 unspecified atom stereocenters. The van der Waals surface area contributed by atoms with Crippen LogP contribution >= 0.6 is 0 Å². The number of amides is 2. The molecule has 132 valence electrons. The number of nitrogens with zero attached hydrogens (tertiary/aromatic N) is 1. The predicted octanol–water partition coefficient (Wildman–Crippen LogP) is 3.02. The fourth-order valence-electron chi connectivity index (χ4n) is 3.09. The topological polar surface area (TPSA) is 79.0 Å². The molecule has 0 spiro atoms. The number of carbonyl (C=O) groups excluding carboxylic acids is 1. The average Bonchev–Trinajstić information content (AvgIpc) is 3.31. The molecule has 1 aromatic carbocycles. The lowest BCUT2D eigenvalue weighted by molar-refractivity contribution is 0.246. The first-order chi connectivity index (χ1) is 12.2. The SMILES string of the molecule is O=C(Nc1ccc(F)cc1OCC1CC1)N[C@H]1CCc2[nH]ncc2C1. The van der Waals surface area contributed by atoms with Gasteiger partial charge in [0.25, 0.3) is 0 Å². The summed E-state index contributed by atoms with van der Waals surface area (Å²) in [6, 6.07) is 3.92. The van der Waals surface area contributed by atoms with Crippen LogP contribution in [0.3, 0.4) is 0 Å². The summed E-state index contributed by atoms with van der Waals surface area (Å²) in [6.07, 6.45) is 6.59. The summed E-state index contributed by atoms with van der Waals surface area (Å²) in [6.45, 7) is 0.561. The van der Waals surface area contributed by atoms with E-state index in [1.165, 1.54) is 18.2 Å². The fourth-order valence-corrected chi connectivity index (χ4v) is 3.09. The number of hydrogen-bond donors (Lipinski definition) is 3. The van der Waals surface area contributed by atoms with Crippen LogP contribution in [0, 0.1) is 11.7 Å². The summed E-state index contributed by atoms with van der Waals surface area (Å²) in [7, 11) is 0. The Morgan fingerprint density at radius 1 is 1.36 bits per heavy atom. The van der Waals surface area contributed by atoms with Gasteiger partial charge in [0.1, 0.15) is 11.6 Å². The molecule has 1 aromatic heterocycles. The second kappa shape index (κ2) is 6.74. The van der Waals surface area contributed by atoms with Crippen molar-refractivity contribution in [2.45, 2.75) is 38.1 Å². The quantitative estimate of drug-likeness (QED) is 0.780. The van der Waals surface area contributed by atoms with Crippen molar-refractivity contribution in [3.05, 3.63) is 41.5 Å². The number of aryl methyl sites for hydroxylation is 1. The Bertz CT molecular complexity index is 772. The normalized spacial score (nSPS) is 19.2. The maximum Gasteiger partial charge on any atom is 0.319 e. The number of H-pyrrole nitrogens is 1. The van der Waals surface area contributed by atoms with Crippen LogP contribution < -0.4 is 15.4 Å². The number of anilines is 1. The molecule has 25 heavy (non-hydrogen) atoms. The van der Waals surface area contributed by atoms with E-state index in [2.05, 4.69) is 20.8 Å². The monoisotopic (exact) mass is 344 g/mol. The van der Waals surface area contributed by atoms with E-state index in [1.54, 1.807) is 0 Å². The number of benzene rings is 1. The van der Waals surface area contributed by atoms with Gasteiger partial charge in [-0.3, -0.25) is 5.10 Å². The molecule has 1 atom stereocenters. The van der Waals surface area contributed by atoms with Crippen molar-refractivity contribution in [1.29, 1.82) is 0 Å². The first-order valence-electron chi connectivity index (χ1n) is 8.68. The summed E-state index contributed by atoms with van der Waals surface area (Å²) in [5.74, 6) is 0.552. The van der Waals surface area contributed by atoms with E-state index >= 15 is 0 Å². The second-order valence-electron chi connectivity index (χ2n) is 6.81. The van der Waals surface area contributed by atoms with Gasteiger partial charge >= 0.3 is 6.03 Å². The van der Waals surface area contributed by atoms with Crippen LogP contribution in [0.1, 0.15) is 30.5 Å². The molecule has 3 N–H and O–H groups in total. The molecule has 1 heterocycles. The summed E-state index contributed by atoms with van der Waals surface area (Å²) < 4.78 is 19.2. The number of carbonyl (C=O) groups is 1. The van der Waals surface area contributed by atoms with Gasteiger partial charge in [0.15, 0.2) is 0 Å². The van der Waals surface area contributed by atoms with Crippen molar-refractivity contribution < 1.29 is 13.9 Å². The van der Waals surface area contributed by atoms with Gasteiger partial charge in [-0.1, -0.05) is 0 Å². The van der Waals surface area contributed by atoms with Gasteiger partial charge in [-0.2, -0.15) is 5.10 Å². The highest BCUT2D eigenvalue weighted by Gasteiger charge is 2.24. The third-order valence-corrected chi connectivity index (χ3v) is 4.72. The third kappa shape index (κ3) is 3.92. The molecule has 1 fully saturated rings. The molecule has 6 nitrogen and oxygen atoms in total. The van der Waals surface area contributed by atoms with Gasteiger partial charge in [-0.05, 0) is 55.7 Å². The molecular weight excluding hydrogens is 323 g/mol. The smallest absolute Gasteiger partial charge is 0.319 e. The molecule has 2 aliphatic carbocycles. The number of fused-ring (bicyclic) bond motifs is 1.